The second-order valence-corrected chi connectivity index (χ2v) is 8.19. The first-order chi connectivity index (χ1) is 14.5. The van der Waals surface area contributed by atoms with Gasteiger partial charge in [0.25, 0.3) is 11.8 Å². The lowest BCUT2D eigenvalue weighted by atomic mass is 9.71. The molecule has 0 saturated heterocycles. The summed E-state index contributed by atoms with van der Waals surface area (Å²) in [4.78, 5) is 37.9. The molecule has 0 unspecified atom stereocenters. The minimum absolute atomic E-state index is 0.241. The summed E-state index contributed by atoms with van der Waals surface area (Å²) in [6.07, 6.45) is 0. The fourth-order valence-electron chi connectivity index (χ4n) is 3.29. The molecule has 2 aromatic rings. The highest BCUT2D eigenvalue weighted by Gasteiger charge is 2.32. The van der Waals surface area contributed by atoms with Crippen molar-refractivity contribution in [2.75, 3.05) is 12.4 Å². The van der Waals surface area contributed by atoms with Crippen LogP contribution >= 0.6 is 0 Å². The number of methoxy groups -OCH3 is 1. The number of hydrogen-bond acceptors (Lipinski definition) is 5. The Balaban J connectivity index is 1.92. The Morgan fingerprint density at radius 1 is 1.19 bits per heavy atom. The number of hydrogen-bond donors (Lipinski definition) is 4. The predicted molar refractivity (Wildman–Crippen MR) is 117 cm³/mol. The lowest BCUT2D eigenvalue weighted by Gasteiger charge is -2.36. The van der Waals surface area contributed by atoms with Gasteiger partial charge >= 0.3 is 13.1 Å². The van der Waals surface area contributed by atoms with Gasteiger partial charge in [0.2, 0.25) is 0 Å². The van der Waals surface area contributed by atoms with Gasteiger partial charge in [-0.05, 0) is 57.4 Å². The normalized spacial score (nSPS) is 13.0. The van der Waals surface area contributed by atoms with Gasteiger partial charge < -0.3 is 20.3 Å². The van der Waals surface area contributed by atoms with E-state index in [0.717, 1.165) is 0 Å². The average molecular weight is 424 g/mol. The van der Waals surface area contributed by atoms with Gasteiger partial charge in [0, 0.05) is 22.4 Å². The third-order valence-electron chi connectivity index (χ3n) is 4.95. The van der Waals surface area contributed by atoms with Crippen molar-refractivity contribution in [1.82, 2.24) is 15.7 Å². The van der Waals surface area contributed by atoms with E-state index in [1.165, 1.54) is 24.3 Å². The topological polar surface area (TPSA) is 120 Å². The van der Waals surface area contributed by atoms with Gasteiger partial charge in [0.1, 0.15) is 5.75 Å². The monoisotopic (exact) mass is 424 g/mol. The van der Waals surface area contributed by atoms with Crippen LogP contribution in [0.25, 0.3) is 0 Å². The van der Waals surface area contributed by atoms with Gasteiger partial charge in [0.05, 0.1) is 12.6 Å². The number of nitrogens with one attached hydrogen (secondary N) is 3. The lowest BCUT2D eigenvalue weighted by molar-refractivity contribution is 0.0358. The fraction of sp³-hybridized carbons (Fsp3) is 0.286. The maximum Gasteiger partial charge on any atom is 0.452 e. The number of rotatable bonds is 3. The van der Waals surface area contributed by atoms with Crippen molar-refractivity contribution in [3.63, 3.8) is 0 Å². The highest BCUT2D eigenvalue weighted by Crippen LogP contribution is 2.22. The molecule has 3 rings (SSSR count). The molecule has 0 bridgehead atoms. The third-order valence-corrected chi connectivity index (χ3v) is 4.95. The maximum absolute atomic E-state index is 13.3. The number of benzene rings is 2. The molecule has 0 aliphatic carbocycles. The average Bonchev–Trinajstić information content (AvgIpc) is 2.70. The summed E-state index contributed by atoms with van der Waals surface area (Å²) in [6.45, 7) is 7.13. The van der Waals surface area contributed by atoms with Crippen LogP contribution in [0.4, 0.5) is 10.5 Å². The van der Waals surface area contributed by atoms with Crippen LogP contribution in [0.3, 0.4) is 0 Å². The highest BCUT2D eigenvalue weighted by molar-refractivity contribution is 6.69. The molecule has 4 N–H and O–H groups in total. The Hall–Kier alpha value is -3.53. The molecule has 162 valence electrons. The molecule has 4 amide bonds. The number of hydrazine groups is 1. The lowest BCUT2D eigenvalue weighted by Crippen LogP contribution is -2.57. The molecule has 9 nitrogen and oxygen atoms in total. The molecule has 0 radical (unpaired) electrons. The van der Waals surface area contributed by atoms with Crippen LogP contribution in [-0.4, -0.2) is 47.6 Å². The van der Waals surface area contributed by atoms with Crippen LogP contribution in [0.1, 0.15) is 47.1 Å². The molecule has 1 aliphatic rings. The number of nitrogens with zero attached hydrogens (tertiary/aromatic N) is 1. The maximum atomic E-state index is 13.3. The van der Waals surface area contributed by atoms with Crippen molar-refractivity contribution in [3.05, 3.63) is 53.1 Å². The largest absolute Gasteiger partial charge is 0.496 e. The van der Waals surface area contributed by atoms with Crippen LogP contribution < -0.4 is 26.2 Å². The number of urea groups is 1. The molecule has 0 spiro atoms. The van der Waals surface area contributed by atoms with Gasteiger partial charge in [-0.3, -0.25) is 15.0 Å². The molecule has 10 heteroatoms. The van der Waals surface area contributed by atoms with Crippen molar-refractivity contribution in [3.8, 4) is 5.75 Å². The number of amides is 4. The molecule has 2 aromatic carbocycles. The Morgan fingerprint density at radius 2 is 1.90 bits per heavy atom. The second kappa shape index (κ2) is 8.31. The van der Waals surface area contributed by atoms with E-state index in [4.69, 9.17) is 4.74 Å². The summed E-state index contributed by atoms with van der Waals surface area (Å²) in [5.74, 6) is -0.351. The van der Waals surface area contributed by atoms with E-state index in [1.807, 2.05) is 0 Å². The quantitative estimate of drug-likeness (QED) is 0.439. The van der Waals surface area contributed by atoms with Gasteiger partial charge in [-0.1, -0.05) is 12.1 Å². The minimum Gasteiger partial charge on any atom is -0.496 e. The zero-order chi connectivity index (χ0) is 22.9. The minimum atomic E-state index is -1.16. The summed E-state index contributed by atoms with van der Waals surface area (Å²) in [7, 11) is 0.360. The summed E-state index contributed by atoms with van der Waals surface area (Å²) in [6, 6.07) is 9.10. The Bertz CT molecular complexity index is 1050. The van der Waals surface area contributed by atoms with Crippen molar-refractivity contribution in [2.24, 2.45) is 0 Å². The third kappa shape index (κ3) is 4.48. The number of carbonyl (C=O) groups is 3. The first-order valence-electron chi connectivity index (χ1n) is 9.71. The van der Waals surface area contributed by atoms with Crippen molar-refractivity contribution >= 4 is 36.0 Å². The first-order valence-corrected chi connectivity index (χ1v) is 9.71. The second-order valence-electron chi connectivity index (χ2n) is 8.19. The van der Waals surface area contributed by atoms with E-state index < -0.39 is 30.4 Å². The van der Waals surface area contributed by atoms with Crippen LogP contribution in [0.15, 0.2) is 36.4 Å². The molecule has 0 atom stereocenters. The van der Waals surface area contributed by atoms with E-state index >= 15 is 0 Å². The standard InChI is InChI=1S/C21H25BN4O5/c1-12-14(7-6-8-17(12)31-5)18(27)25-26(21(2,3)4)19(28)13-9-10-15-16(11-13)23-20(29)24-22(15)30/h6-11,30H,1-5H3,(H,25,27)(H2,23,24,29). The van der Waals surface area contributed by atoms with Gasteiger partial charge in [-0.15, -0.1) is 0 Å². The van der Waals surface area contributed by atoms with E-state index in [9.17, 15) is 19.4 Å². The molecular formula is C21H25BN4O5. The molecule has 1 heterocycles. The Kier molecular flexibility index (Phi) is 5.94. The molecule has 31 heavy (non-hydrogen) atoms. The van der Waals surface area contributed by atoms with Crippen LogP contribution in [0, 0.1) is 6.92 Å². The zero-order valence-electron chi connectivity index (χ0n) is 18.1. The molecule has 0 fully saturated rings. The number of fused-ring (bicyclic) bond motifs is 1. The van der Waals surface area contributed by atoms with Crippen LogP contribution in [0.2, 0.25) is 0 Å². The fourth-order valence-corrected chi connectivity index (χ4v) is 3.29. The van der Waals surface area contributed by atoms with Gasteiger partial charge in [0.15, 0.2) is 0 Å². The molecule has 0 aromatic heterocycles. The summed E-state index contributed by atoms with van der Waals surface area (Å²) >= 11 is 0. The Labute approximate surface area is 180 Å². The predicted octanol–water partition coefficient (Wildman–Crippen LogP) is 1.41. The van der Waals surface area contributed by atoms with Crippen molar-refractivity contribution < 1.29 is 24.1 Å². The SMILES string of the molecule is COc1cccc(C(=O)NN(C(=O)c2ccc3c(c2)NC(=O)NB3O)C(C)(C)C)c1C. The number of ether oxygens (including phenoxy) is 1. The molecular weight excluding hydrogens is 399 g/mol. The first kappa shape index (κ1) is 22.2. The Morgan fingerprint density at radius 3 is 2.55 bits per heavy atom. The van der Waals surface area contributed by atoms with E-state index in [-0.39, 0.29) is 5.56 Å². The van der Waals surface area contributed by atoms with Crippen molar-refractivity contribution in [2.45, 2.75) is 33.2 Å². The van der Waals surface area contributed by atoms with E-state index in [2.05, 4.69) is 16.0 Å². The zero-order valence-corrected chi connectivity index (χ0v) is 18.1. The van der Waals surface area contributed by atoms with Crippen molar-refractivity contribution in [1.29, 1.82) is 0 Å². The number of carbonyl (C=O) groups excluding carboxylic acids is 3. The summed E-state index contributed by atoms with van der Waals surface area (Å²) < 4.78 is 5.27. The van der Waals surface area contributed by atoms with E-state index in [0.29, 0.717) is 28.0 Å². The summed E-state index contributed by atoms with van der Waals surface area (Å²) in [5.41, 5.74) is 3.99. The van der Waals surface area contributed by atoms with Crippen LogP contribution in [-0.2, 0) is 0 Å². The number of anilines is 1. The smallest absolute Gasteiger partial charge is 0.452 e. The van der Waals surface area contributed by atoms with E-state index in [1.54, 1.807) is 52.0 Å². The summed E-state index contributed by atoms with van der Waals surface area (Å²) in [5, 5.41) is 16.1. The van der Waals surface area contributed by atoms with Crippen LogP contribution in [0.5, 0.6) is 5.75 Å². The highest BCUT2D eigenvalue weighted by atomic mass is 16.5. The molecule has 1 aliphatic heterocycles. The van der Waals surface area contributed by atoms with Gasteiger partial charge in [-0.2, -0.15) is 0 Å². The molecule has 0 saturated carbocycles. The van der Waals surface area contributed by atoms with Gasteiger partial charge in [-0.25, -0.2) is 9.80 Å².